The van der Waals surface area contributed by atoms with Gasteiger partial charge in [-0.2, -0.15) is 13.2 Å². The summed E-state index contributed by atoms with van der Waals surface area (Å²) >= 11 is 0. The Labute approximate surface area is 120 Å². The van der Waals surface area contributed by atoms with Crippen LogP contribution in [0, 0.1) is 11.8 Å². The lowest BCUT2D eigenvalue weighted by atomic mass is 9.83. The summed E-state index contributed by atoms with van der Waals surface area (Å²) < 4.78 is 38.5. The molecule has 2 aliphatic rings. The Morgan fingerprint density at radius 1 is 1.10 bits per heavy atom. The summed E-state index contributed by atoms with van der Waals surface area (Å²) in [5.41, 5.74) is 0. The first-order valence-electron chi connectivity index (χ1n) is 7.80. The molecular formula is C15H27F3N2. The van der Waals surface area contributed by atoms with E-state index in [1.54, 1.807) is 0 Å². The third kappa shape index (κ3) is 3.88. The van der Waals surface area contributed by atoms with E-state index in [-0.39, 0.29) is 12.5 Å². The molecule has 2 nitrogen and oxygen atoms in total. The van der Waals surface area contributed by atoms with Gasteiger partial charge in [0, 0.05) is 24.7 Å². The van der Waals surface area contributed by atoms with Crippen molar-refractivity contribution in [2.45, 2.75) is 70.3 Å². The van der Waals surface area contributed by atoms with Crippen LogP contribution >= 0.6 is 0 Å². The molecule has 2 fully saturated rings. The largest absolute Gasteiger partial charge is 0.391 e. The van der Waals surface area contributed by atoms with Gasteiger partial charge in [0.1, 0.15) is 0 Å². The second-order valence-electron chi connectivity index (χ2n) is 6.88. The van der Waals surface area contributed by atoms with E-state index in [4.69, 9.17) is 0 Å². The molecular weight excluding hydrogens is 265 g/mol. The highest BCUT2D eigenvalue weighted by atomic mass is 19.4. The average molecular weight is 292 g/mol. The summed E-state index contributed by atoms with van der Waals surface area (Å²) in [4.78, 5) is 2.34. The van der Waals surface area contributed by atoms with Gasteiger partial charge >= 0.3 is 6.18 Å². The van der Waals surface area contributed by atoms with Gasteiger partial charge in [-0.25, -0.2) is 0 Å². The second-order valence-corrected chi connectivity index (χ2v) is 6.88. The first kappa shape index (κ1) is 16.1. The van der Waals surface area contributed by atoms with Gasteiger partial charge in [-0.1, -0.05) is 13.3 Å². The van der Waals surface area contributed by atoms with Crippen LogP contribution in [0.1, 0.15) is 46.0 Å². The van der Waals surface area contributed by atoms with Crippen molar-refractivity contribution in [2.24, 2.45) is 11.8 Å². The fourth-order valence-corrected chi connectivity index (χ4v) is 3.71. The van der Waals surface area contributed by atoms with E-state index in [9.17, 15) is 13.2 Å². The molecule has 1 N–H and O–H groups in total. The third-order valence-electron chi connectivity index (χ3n) is 5.20. The van der Waals surface area contributed by atoms with E-state index < -0.39 is 12.1 Å². The minimum atomic E-state index is -4.02. The van der Waals surface area contributed by atoms with Crippen molar-refractivity contribution in [2.75, 3.05) is 13.6 Å². The topological polar surface area (TPSA) is 15.3 Å². The molecule has 1 aliphatic heterocycles. The molecule has 0 spiro atoms. The highest BCUT2D eigenvalue weighted by Gasteiger charge is 2.42. The molecule has 5 atom stereocenters. The Bertz CT molecular complexity index is 319. The van der Waals surface area contributed by atoms with E-state index in [2.05, 4.69) is 31.1 Å². The molecule has 1 saturated heterocycles. The van der Waals surface area contributed by atoms with Crippen LogP contribution in [0.2, 0.25) is 0 Å². The van der Waals surface area contributed by atoms with Crippen molar-refractivity contribution in [3.05, 3.63) is 0 Å². The molecule has 0 bridgehead atoms. The lowest BCUT2D eigenvalue weighted by Crippen LogP contribution is -2.54. The number of alkyl halides is 3. The van der Waals surface area contributed by atoms with Gasteiger partial charge in [0.25, 0.3) is 0 Å². The van der Waals surface area contributed by atoms with E-state index in [0.29, 0.717) is 30.8 Å². The van der Waals surface area contributed by atoms with Crippen LogP contribution in [0.4, 0.5) is 13.2 Å². The van der Waals surface area contributed by atoms with Crippen molar-refractivity contribution >= 4 is 0 Å². The molecule has 0 amide bonds. The molecule has 20 heavy (non-hydrogen) atoms. The summed E-state index contributed by atoms with van der Waals surface area (Å²) in [6.07, 6.45) is -0.840. The van der Waals surface area contributed by atoms with Crippen LogP contribution in [0.25, 0.3) is 0 Å². The van der Waals surface area contributed by atoms with Crippen molar-refractivity contribution < 1.29 is 13.2 Å². The Kier molecular flexibility index (Phi) is 5.00. The Morgan fingerprint density at radius 2 is 1.80 bits per heavy atom. The quantitative estimate of drug-likeness (QED) is 0.839. The molecule has 1 saturated carbocycles. The molecule has 1 aliphatic carbocycles. The zero-order chi connectivity index (χ0) is 14.9. The molecule has 0 radical (unpaired) electrons. The number of piperidine rings is 1. The maximum absolute atomic E-state index is 12.8. The summed E-state index contributed by atoms with van der Waals surface area (Å²) in [6.45, 7) is 5.41. The van der Waals surface area contributed by atoms with Gasteiger partial charge in [-0.15, -0.1) is 0 Å². The van der Waals surface area contributed by atoms with Crippen LogP contribution in [0.15, 0.2) is 0 Å². The van der Waals surface area contributed by atoms with Crippen molar-refractivity contribution in [1.29, 1.82) is 0 Å². The summed E-state index contributed by atoms with van der Waals surface area (Å²) in [6, 6.07) is 0.905. The zero-order valence-corrected chi connectivity index (χ0v) is 12.7. The Balaban J connectivity index is 1.89. The molecule has 0 aromatic carbocycles. The maximum atomic E-state index is 12.8. The number of nitrogens with one attached hydrogen (secondary N) is 1. The predicted octanol–water partition coefficient (Wildman–Crippen LogP) is 3.43. The minimum absolute atomic E-state index is 0.0402. The lowest BCUT2D eigenvalue weighted by molar-refractivity contribution is -0.184. The lowest BCUT2D eigenvalue weighted by Gasteiger charge is -2.43. The van der Waals surface area contributed by atoms with Crippen molar-refractivity contribution in [3.8, 4) is 0 Å². The average Bonchev–Trinajstić information content (AvgIpc) is 2.35. The number of rotatable bonds is 2. The minimum Gasteiger partial charge on any atom is -0.311 e. The van der Waals surface area contributed by atoms with Crippen LogP contribution in [0.5, 0.6) is 0 Å². The van der Waals surface area contributed by atoms with Gasteiger partial charge in [-0.3, -0.25) is 0 Å². The number of halogens is 3. The Hall–Kier alpha value is -0.290. The Morgan fingerprint density at radius 3 is 2.45 bits per heavy atom. The molecule has 5 unspecified atom stereocenters. The predicted molar refractivity (Wildman–Crippen MR) is 74.6 cm³/mol. The normalized spacial score (nSPS) is 40.8. The smallest absolute Gasteiger partial charge is 0.311 e. The molecule has 0 aromatic heterocycles. The maximum Gasteiger partial charge on any atom is 0.391 e. The standard InChI is InChI=1S/C15H27F3N2/c1-10-9-20(3)11(2)7-14(10)19-13-6-4-5-12(8-13)15(16,17)18/h10-14,19H,4-9H2,1-3H3. The summed E-state index contributed by atoms with van der Waals surface area (Å²) in [5, 5.41) is 3.53. The zero-order valence-electron chi connectivity index (χ0n) is 12.7. The monoisotopic (exact) mass is 292 g/mol. The highest BCUT2D eigenvalue weighted by molar-refractivity contribution is 4.90. The van der Waals surface area contributed by atoms with Gasteiger partial charge in [0.05, 0.1) is 5.92 Å². The van der Waals surface area contributed by atoms with Crippen LogP contribution in [-0.2, 0) is 0 Å². The van der Waals surface area contributed by atoms with Crippen LogP contribution in [-0.4, -0.2) is 42.8 Å². The summed E-state index contributed by atoms with van der Waals surface area (Å²) in [7, 11) is 2.12. The highest BCUT2D eigenvalue weighted by Crippen LogP contribution is 2.38. The van der Waals surface area contributed by atoms with Crippen molar-refractivity contribution in [3.63, 3.8) is 0 Å². The van der Waals surface area contributed by atoms with E-state index in [1.165, 1.54) is 0 Å². The number of hydrogen-bond donors (Lipinski definition) is 1. The fourth-order valence-electron chi connectivity index (χ4n) is 3.71. The van der Waals surface area contributed by atoms with Gasteiger partial charge < -0.3 is 10.2 Å². The van der Waals surface area contributed by atoms with Gasteiger partial charge in [0.2, 0.25) is 0 Å². The molecule has 5 heteroatoms. The molecule has 0 aromatic rings. The fraction of sp³-hybridized carbons (Fsp3) is 1.00. The summed E-state index contributed by atoms with van der Waals surface area (Å²) in [5.74, 6) is -0.602. The van der Waals surface area contributed by atoms with Crippen molar-refractivity contribution in [1.82, 2.24) is 10.2 Å². The third-order valence-corrected chi connectivity index (χ3v) is 5.20. The number of hydrogen-bond acceptors (Lipinski definition) is 2. The van der Waals surface area contributed by atoms with E-state index >= 15 is 0 Å². The van der Waals surface area contributed by atoms with Gasteiger partial charge in [-0.05, 0) is 45.6 Å². The second kappa shape index (κ2) is 6.22. The van der Waals surface area contributed by atoms with E-state index in [1.807, 2.05) is 0 Å². The van der Waals surface area contributed by atoms with Crippen LogP contribution < -0.4 is 5.32 Å². The molecule has 118 valence electrons. The molecule has 2 rings (SSSR count). The van der Waals surface area contributed by atoms with Crippen LogP contribution in [0.3, 0.4) is 0 Å². The number of likely N-dealkylation sites (tertiary alicyclic amines) is 1. The first-order chi connectivity index (χ1) is 9.27. The molecule has 1 heterocycles. The SMILES string of the molecule is CC1CN(C)C(C)CC1NC1CCCC(C(F)(F)F)C1. The number of nitrogens with zero attached hydrogens (tertiary/aromatic N) is 1. The van der Waals surface area contributed by atoms with E-state index in [0.717, 1.165) is 19.4 Å². The van der Waals surface area contributed by atoms with Gasteiger partial charge in [0.15, 0.2) is 0 Å². The first-order valence-corrected chi connectivity index (χ1v) is 7.80.